The Bertz CT molecular complexity index is 835. The smallest absolute Gasteiger partial charge is 0.208 e. The minimum Gasteiger partial charge on any atom is -0.444 e. The van der Waals surface area contributed by atoms with E-state index in [1.165, 1.54) is 30.4 Å². The number of aliphatic imine (C=N–C) groups is 1. The van der Waals surface area contributed by atoms with Gasteiger partial charge in [0.25, 0.3) is 0 Å². The molecule has 0 bridgehead atoms. The molecule has 2 heterocycles. The standard InChI is InChI=1S/C22H31N5O.HI/c1-15-16(2)28-21(25-15)14-27-10-8-17(9-11-27)13-24-22(23)26-20-7-6-18-4-3-5-19(18)12-20;/h6-7,12,17H,3-5,8-11,13-14H2,1-2H3,(H3,23,24,26);1H. The maximum absolute atomic E-state index is 6.12. The summed E-state index contributed by atoms with van der Waals surface area (Å²) < 4.78 is 5.71. The summed E-state index contributed by atoms with van der Waals surface area (Å²) in [4.78, 5) is 11.5. The van der Waals surface area contributed by atoms with Gasteiger partial charge in [0.05, 0.1) is 12.2 Å². The van der Waals surface area contributed by atoms with Gasteiger partial charge < -0.3 is 15.5 Å². The van der Waals surface area contributed by atoms with Gasteiger partial charge in [-0.05, 0) is 88.2 Å². The lowest BCUT2D eigenvalue weighted by Crippen LogP contribution is -2.34. The average Bonchev–Trinajstić information content (AvgIpc) is 3.27. The summed E-state index contributed by atoms with van der Waals surface area (Å²) in [6.45, 7) is 7.66. The van der Waals surface area contributed by atoms with E-state index in [9.17, 15) is 0 Å². The number of aryl methyl sites for hydroxylation is 4. The molecule has 1 fully saturated rings. The van der Waals surface area contributed by atoms with E-state index in [4.69, 9.17) is 10.2 Å². The number of piperidine rings is 1. The Balaban J connectivity index is 0.00000240. The van der Waals surface area contributed by atoms with Crippen LogP contribution in [0.25, 0.3) is 0 Å². The highest BCUT2D eigenvalue weighted by molar-refractivity contribution is 14.0. The van der Waals surface area contributed by atoms with Gasteiger partial charge in [-0.15, -0.1) is 24.0 Å². The van der Waals surface area contributed by atoms with Crippen LogP contribution in [0.2, 0.25) is 0 Å². The van der Waals surface area contributed by atoms with Crippen molar-refractivity contribution >= 4 is 35.6 Å². The summed E-state index contributed by atoms with van der Waals surface area (Å²) >= 11 is 0. The van der Waals surface area contributed by atoms with Gasteiger partial charge in [0.2, 0.25) is 5.89 Å². The number of guanidine groups is 1. The lowest BCUT2D eigenvalue weighted by Gasteiger charge is -2.30. The molecule has 1 aromatic heterocycles. The highest BCUT2D eigenvalue weighted by atomic mass is 127. The fourth-order valence-corrected chi connectivity index (χ4v) is 4.19. The Hall–Kier alpha value is -1.61. The molecule has 3 N–H and O–H groups in total. The number of benzene rings is 1. The minimum absolute atomic E-state index is 0. The first kappa shape index (κ1) is 22.1. The number of hydrogen-bond donors (Lipinski definition) is 2. The normalized spacial score (nSPS) is 17.8. The molecular weight excluding hydrogens is 477 g/mol. The molecule has 2 aliphatic rings. The molecule has 1 aliphatic carbocycles. The molecule has 0 atom stereocenters. The number of anilines is 1. The summed E-state index contributed by atoms with van der Waals surface area (Å²) in [6, 6.07) is 6.54. The third-order valence-electron chi connectivity index (χ3n) is 6.03. The Morgan fingerprint density at radius 3 is 2.72 bits per heavy atom. The Kier molecular flexibility index (Phi) is 7.56. The number of hydrogen-bond acceptors (Lipinski definition) is 4. The van der Waals surface area contributed by atoms with Crippen LogP contribution in [0.1, 0.15) is 47.7 Å². The third-order valence-corrected chi connectivity index (χ3v) is 6.03. The molecular formula is C22H32IN5O. The summed E-state index contributed by atoms with van der Waals surface area (Å²) in [5.74, 6) is 2.86. The highest BCUT2D eigenvalue weighted by Crippen LogP contribution is 2.25. The lowest BCUT2D eigenvalue weighted by atomic mass is 9.97. The van der Waals surface area contributed by atoms with Gasteiger partial charge in [-0.3, -0.25) is 9.89 Å². The van der Waals surface area contributed by atoms with Crippen LogP contribution < -0.4 is 11.1 Å². The molecule has 7 heteroatoms. The van der Waals surface area contributed by atoms with Crippen molar-refractivity contribution in [2.24, 2.45) is 16.6 Å². The van der Waals surface area contributed by atoms with Crippen molar-refractivity contribution in [1.29, 1.82) is 0 Å². The predicted octanol–water partition coefficient (Wildman–Crippen LogP) is 4.04. The van der Waals surface area contributed by atoms with Gasteiger partial charge in [-0.1, -0.05) is 6.07 Å². The number of nitrogens with zero attached hydrogens (tertiary/aromatic N) is 3. The van der Waals surface area contributed by atoms with E-state index in [2.05, 4.69) is 38.4 Å². The van der Waals surface area contributed by atoms with Crippen LogP contribution in [0.3, 0.4) is 0 Å². The topological polar surface area (TPSA) is 79.7 Å². The molecule has 29 heavy (non-hydrogen) atoms. The lowest BCUT2D eigenvalue weighted by molar-refractivity contribution is 0.166. The molecule has 1 aromatic carbocycles. The Morgan fingerprint density at radius 2 is 2.00 bits per heavy atom. The van der Waals surface area contributed by atoms with Crippen LogP contribution in [0, 0.1) is 19.8 Å². The van der Waals surface area contributed by atoms with E-state index in [-0.39, 0.29) is 24.0 Å². The molecule has 158 valence electrons. The van der Waals surface area contributed by atoms with Gasteiger partial charge in [0, 0.05) is 12.2 Å². The average molecular weight is 509 g/mol. The van der Waals surface area contributed by atoms with Crippen molar-refractivity contribution in [3.05, 3.63) is 46.7 Å². The van der Waals surface area contributed by atoms with Gasteiger partial charge in [0.1, 0.15) is 5.76 Å². The van der Waals surface area contributed by atoms with Crippen LogP contribution in [0.15, 0.2) is 27.6 Å². The SMILES string of the molecule is Cc1nc(CN2CCC(CN=C(N)Nc3ccc4c(c3)CCC4)CC2)oc1C.I. The first-order chi connectivity index (χ1) is 13.6. The summed E-state index contributed by atoms with van der Waals surface area (Å²) in [6.07, 6.45) is 5.90. The Labute approximate surface area is 190 Å². The number of likely N-dealkylation sites (tertiary alicyclic amines) is 1. The molecule has 0 saturated carbocycles. The number of nitrogens with one attached hydrogen (secondary N) is 1. The quantitative estimate of drug-likeness (QED) is 0.362. The maximum atomic E-state index is 6.12. The van der Waals surface area contributed by atoms with E-state index in [1.807, 2.05) is 13.8 Å². The molecule has 0 spiro atoms. The first-order valence-corrected chi connectivity index (χ1v) is 10.4. The largest absolute Gasteiger partial charge is 0.444 e. The third kappa shape index (κ3) is 5.72. The zero-order valence-corrected chi connectivity index (χ0v) is 19.7. The van der Waals surface area contributed by atoms with Crippen LogP contribution in [0.4, 0.5) is 5.69 Å². The number of aromatic nitrogens is 1. The van der Waals surface area contributed by atoms with Crippen molar-refractivity contribution in [2.75, 3.05) is 25.0 Å². The molecule has 0 radical (unpaired) electrons. The van der Waals surface area contributed by atoms with Gasteiger partial charge >= 0.3 is 0 Å². The van der Waals surface area contributed by atoms with E-state index in [0.717, 1.165) is 62.1 Å². The van der Waals surface area contributed by atoms with Gasteiger partial charge in [0.15, 0.2) is 5.96 Å². The van der Waals surface area contributed by atoms with Gasteiger partial charge in [-0.25, -0.2) is 4.98 Å². The zero-order chi connectivity index (χ0) is 19.5. The van der Waals surface area contributed by atoms with E-state index in [0.29, 0.717) is 11.9 Å². The predicted molar refractivity (Wildman–Crippen MR) is 128 cm³/mol. The van der Waals surface area contributed by atoms with Crippen molar-refractivity contribution < 1.29 is 4.42 Å². The van der Waals surface area contributed by atoms with E-state index < -0.39 is 0 Å². The van der Waals surface area contributed by atoms with Crippen LogP contribution in [-0.4, -0.2) is 35.5 Å². The number of halogens is 1. The van der Waals surface area contributed by atoms with Crippen LogP contribution >= 0.6 is 24.0 Å². The fourth-order valence-electron chi connectivity index (χ4n) is 4.19. The number of rotatable bonds is 5. The second-order valence-electron chi connectivity index (χ2n) is 8.16. The second-order valence-corrected chi connectivity index (χ2v) is 8.16. The fraction of sp³-hybridized carbons (Fsp3) is 0.545. The Morgan fingerprint density at radius 1 is 1.24 bits per heavy atom. The van der Waals surface area contributed by atoms with E-state index >= 15 is 0 Å². The molecule has 6 nitrogen and oxygen atoms in total. The molecule has 1 aliphatic heterocycles. The van der Waals surface area contributed by atoms with Crippen molar-refractivity contribution in [1.82, 2.24) is 9.88 Å². The molecule has 2 aromatic rings. The van der Waals surface area contributed by atoms with Crippen molar-refractivity contribution in [2.45, 2.75) is 52.5 Å². The number of nitrogens with two attached hydrogens (primary N) is 1. The summed E-state index contributed by atoms with van der Waals surface area (Å²) in [5.41, 5.74) is 11.1. The molecule has 4 rings (SSSR count). The van der Waals surface area contributed by atoms with Crippen molar-refractivity contribution in [3.63, 3.8) is 0 Å². The summed E-state index contributed by atoms with van der Waals surface area (Å²) in [7, 11) is 0. The monoisotopic (exact) mass is 509 g/mol. The molecule has 1 saturated heterocycles. The van der Waals surface area contributed by atoms with Crippen LogP contribution in [0.5, 0.6) is 0 Å². The minimum atomic E-state index is 0. The van der Waals surface area contributed by atoms with Gasteiger partial charge in [-0.2, -0.15) is 0 Å². The zero-order valence-electron chi connectivity index (χ0n) is 17.4. The second kappa shape index (κ2) is 9.93. The van der Waals surface area contributed by atoms with Crippen LogP contribution in [-0.2, 0) is 19.4 Å². The first-order valence-electron chi connectivity index (χ1n) is 10.4. The highest BCUT2D eigenvalue weighted by Gasteiger charge is 2.21. The molecule has 0 amide bonds. The van der Waals surface area contributed by atoms with E-state index in [1.54, 1.807) is 0 Å². The number of oxazole rings is 1. The molecule has 0 unspecified atom stereocenters. The number of fused-ring (bicyclic) bond motifs is 1. The maximum Gasteiger partial charge on any atom is 0.208 e. The summed E-state index contributed by atoms with van der Waals surface area (Å²) in [5, 5.41) is 3.26. The van der Waals surface area contributed by atoms with Crippen molar-refractivity contribution in [3.8, 4) is 0 Å².